The predicted molar refractivity (Wildman–Crippen MR) is 98.2 cm³/mol. The van der Waals surface area contributed by atoms with E-state index >= 15 is 0 Å². The van der Waals surface area contributed by atoms with Gasteiger partial charge in [-0.2, -0.15) is 0 Å². The third-order valence-corrected chi connectivity index (χ3v) is 5.23. The second-order valence-electron chi connectivity index (χ2n) is 6.51. The highest BCUT2D eigenvalue weighted by atomic mass is 35.5. The Morgan fingerprint density at radius 3 is 2.50 bits per heavy atom. The number of fused-ring (bicyclic) bond motifs is 6. The van der Waals surface area contributed by atoms with Crippen molar-refractivity contribution >= 4 is 22.8 Å². The summed E-state index contributed by atoms with van der Waals surface area (Å²) in [7, 11) is 0. The Morgan fingerprint density at radius 2 is 1.71 bits per heavy atom. The molecule has 2 heterocycles. The molecular formula is C21H11ClO6. The van der Waals surface area contributed by atoms with Crippen LogP contribution in [0.25, 0.3) is 0 Å². The van der Waals surface area contributed by atoms with E-state index in [1.54, 1.807) is 30.3 Å². The number of hydrogen-bond donors (Lipinski definition) is 2. The molecule has 1 atom stereocenters. The number of phenols is 2. The zero-order valence-electron chi connectivity index (χ0n) is 14.1. The van der Waals surface area contributed by atoms with E-state index in [-0.39, 0.29) is 28.6 Å². The molecule has 3 aromatic carbocycles. The molecule has 28 heavy (non-hydrogen) atoms. The predicted octanol–water partition coefficient (Wildman–Crippen LogP) is 4.04. The van der Waals surface area contributed by atoms with Gasteiger partial charge in [0.05, 0.1) is 5.56 Å². The second kappa shape index (κ2) is 5.50. The van der Waals surface area contributed by atoms with Gasteiger partial charge in [0.2, 0.25) is 0 Å². The Labute approximate surface area is 163 Å². The lowest BCUT2D eigenvalue weighted by Gasteiger charge is -2.37. The van der Waals surface area contributed by atoms with Crippen molar-refractivity contribution in [3.05, 3.63) is 82.4 Å². The van der Waals surface area contributed by atoms with Gasteiger partial charge >= 0.3 is 5.97 Å². The van der Waals surface area contributed by atoms with Gasteiger partial charge < -0.3 is 19.7 Å². The molecule has 0 radical (unpaired) electrons. The normalized spacial score (nSPS) is 18.7. The van der Waals surface area contributed by atoms with Gasteiger partial charge in [-0.1, -0.05) is 18.2 Å². The first kappa shape index (κ1) is 16.6. The smallest absolute Gasteiger partial charge is 0.340 e. The highest BCUT2D eigenvalue weighted by molar-refractivity contribution is 6.68. The zero-order chi connectivity index (χ0) is 19.6. The Balaban J connectivity index is 1.94. The minimum Gasteiger partial charge on any atom is -0.508 e. The van der Waals surface area contributed by atoms with E-state index < -0.39 is 16.8 Å². The lowest BCUT2D eigenvalue weighted by molar-refractivity contribution is 0.0224. The average Bonchev–Trinajstić information content (AvgIpc) is 2.95. The largest absolute Gasteiger partial charge is 0.508 e. The summed E-state index contributed by atoms with van der Waals surface area (Å²) in [6, 6.07) is 14.1. The fourth-order valence-electron chi connectivity index (χ4n) is 3.90. The molecule has 138 valence electrons. The summed E-state index contributed by atoms with van der Waals surface area (Å²) in [6.45, 7) is 0. The van der Waals surface area contributed by atoms with Crippen LogP contribution in [0.2, 0.25) is 0 Å². The molecule has 0 saturated heterocycles. The number of phenolic OH excluding ortho intramolecular Hbond substituents is 2. The van der Waals surface area contributed by atoms with Crippen molar-refractivity contribution in [2.45, 2.75) is 5.60 Å². The minimum absolute atomic E-state index is 0.0254. The van der Waals surface area contributed by atoms with Crippen LogP contribution in [0.4, 0.5) is 0 Å². The van der Waals surface area contributed by atoms with E-state index in [4.69, 9.17) is 21.1 Å². The van der Waals surface area contributed by atoms with Crippen molar-refractivity contribution in [2.75, 3.05) is 0 Å². The molecule has 6 nitrogen and oxygen atoms in total. The molecule has 1 unspecified atom stereocenters. The standard InChI is InChI=1S/C21H11ClO6/c22-19(25)17-15(24)8-7-14-18(17)27-16-9-10(23)5-6-13(16)21(14)12-4-2-1-3-11(12)20(26)28-21/h1-9,23-24H. The van der Waals surface area contributed by atoms with Crippen molar-refractivity contribution in [3.63, 3.8) is 0 Å². The van der Waals surface area contributed by atoms with Crippen LogP contribution in [0.15, 0.2) is 54.6 Å². The van der Waals surface area contributed by atoms with Crippen LogP contribution < -0.4 is 4.74 Å². The third-order valence-electron chi connectivity index (χ3n) is 5.04. The van der Waals surface area contributed by atoms with Gasteiger partial charge in [0.15, 0.2) is 11.4 Å². The van der Waals surface area contributed by atoms with Crippen LogP contribution in [0.5, 0.6) is 23.0 Å². The molecule has 0 bridgehead atoms. The van der Waals surface area contributed by atoms with Crippen LogP contribution in [-0.4, -0.2) is 21.4 Å². The quantitative estimate of drug-likeness (QED) is 0.478. The fourth-order valence-corrected chi connectivity index (χ4v) is 4.09. The Hall–Kier alpha value is -3.51. The van der Waals surface area contributed by atoms with E-state index in [0.717, 1.165) is 0 Å². The molecule has 7 heteroatoms. The van der Waals surface area contributed by atoms with Gasteiger partial charge in [0, 0.05) is 22.8 Å². The van der Waals surface area contributed by atoms with E-state index in [9.17, 15) is 19.8 Å². The van der Waals surface area contributed by atoms with Crippen molar-refractivity contribution in [2.24, 2.45) is 0 Å². The van der Waals surface area contributed by atoms with Crippen LogP contribution in [0, 0.1) is 0 Å². The maximum atomic E-state index is 12.7. The molecule has 5 rings (SSSR count). The summed E-state index contributed by atoms with van der Waals surface area (Å²) in [5.74, 6) is -0.817. The van der Waals surface area contributed by atoms with Crippen molar-refractivity contribution in [3.8, 4) is 23.0 Å². The number of halogens is 1. The fraction of sp³-hybridized carbons (Fsp3) is 0.0476. The summed E-state index contributed by atoms with van der Waals surface area (Å²) in [4.78, 5) is 24.7. The number of hydrogen-bond acceptors (Lipinski definition) is 6. The monoisotopic (exact) mass is 394 g/mol. The summed E-state index contributed by atoms with van der Waals surface area (Å²) < 4.78 is 11.7. The Morgan fingerprint density at radius 1 is 0.964 bits per heavy atom. The van der Waals surface area contributed by atoms with Crippen molar-refractivity contribution in [1.82, 2.24) is 0 Å². The van der Waals surface area contributed by atoms with Crippen molar-refractivity contribution in [1.29, 1.82) is 0 Å². The molecule has 0 fully saturated rings. The molecule has 0 aromatic heterocycles. The third kappa shape index (κ3) is 1.98. The number of carbonyl (C=O) groups is 2. The van der Waals surface area contributed by atoms with Crippen LogP contribution in [0.3, 0.4) is 0 Å². The number of aromatic hydroxyl groups is 2. The first-order valence-electron chi connectivity index (χ1n) is 8.34. The van der Waals surface area contributed by atoms with Gasteiger partial charge in [0.25, 0.3) is 5.24 Å². The SMILES string of the molecule is O=C1OC2(c3ccc(O)cc3Oc3c2ccc(O)c3C(=O)Cl)c2ccccc21. The highest BCUT2D eigenvalue weighted by Gasteiger charge is 2.54. The molecule has 2 aliphatic rings. The number of ether oxygens (including phenoxy) is 2. The van der Waals surface area contributed by atoms with Crippen LogP contribution in [-0.2, 0) is 10.3 Å². The van der Waals surface area contributed by atoms with Gasteiger partial charge in [-0.3, -0.25) is 4.79 Å². The number of carbonyl (C=O) groups excluding carboxylic acids is 2. The maximum Gasteiger partial charge on any atom is 0.340 e. The summed E-state index contributed by atoms with van der Waals surface area (Å²) in [6.07, 6.45) is 0. The highest BCUT2D eigenvalue weighted by Crippen LogP contribution is 2.58. The molecule has 3 aromatic rings. The Bertz CT molecular complexity index is 1200. The molecule has 2 N–H and O–H groups in total. The topological polar surface area (TPSA) is 93.1 Å². The molecule has 0 amide bonds. The Kier molecular flexibility index (Phi) is 3.27. The molecule has 0 aliphatic carbocycles. The summed E-state index contributed by atoms with van der Waals surface area (Å²) in [5.41, 5.74) is 0.129. The van der Waals surface area contributed by atoms with E-state index in [1.807, 2.05) is 0 Å². The van der Waals surface area contributed by atoms with Gasteiger partial charge in [-0.25, -0.2) is 4.79 Å². The zero-order valence-corrected chi connectivity index (χ0v) is 14.9. The number of esters is 1. The van der Waals surface area contributed by atoms with E-state index in [0.29, 0.717) is 22.3 Å². The summed E-state index contributed by atoms with van der Waals surface area (Å²) in [5, 5.41) is 19.2. The van der Waals surface area contributed by atoms with E-state index in [2.05, 4.69) is 0 Å². The second-order valence-corrected chi connectivity index (χ2v) is 6.85. The lowest BCUT2D eigenvalue weighted by atomic mass is 9.77. The van der Waals surface area contributed by atoms with Crippen molar-refractivity contribution < 1.29 is 29.3 Å². The molecular weight excluding hydrogens is 384 g/mol. The van der Waals surface area contributed by atoms with Gasteiger partial charge in [-0.05, 0) is 41.9 Å². The first-order valence-corrected chi connectivity index (χ1v) is 8.71. The number of benzene rings is 3. The molecule has 1 spiro atoms. The average molecular weight is 395 g/mol. The minimum atomic E-state index is -1.40. The van der Waals surface area contributed by atoms with Crippen LogP contribution >= 0.6 is 11.6 Å². The van der Waals surface area contributed by atoms with Gasteiger partial charge in [0.1, 0.15) is 22.8 Å². The van der Waals surface area contributed by atoms with E-state index in [1.165, 1.54) is 24.3 Å². The van der Waals surface area contributed by atoms with Crippen LogP contribution in [0.1, 0.15) is 37.4 Å². The first-order chi connectivity index (χ1) is 13.4. The van der Waals surface area contributed by atoms with Gasteiger partial charge in [-0.15, -0.1) is 0 Å². The number of rotatable bonds is 1. The molecule has 0 saturated carbocycles. The lowest BCUT2D eigenvalue weighted by Crippen LogP contribution is -2.33. The summed E-state index contributed by atoms with van der Waals surface area (Å²) >= 11 is 5.69. The molecule has 2 aliphatic heterocycles. The maximum absolute atomic E-state index is 12.7.